The van der Waals surface area contributed by atoms with E-state index in [2.05, 4.69) is 25.8 Å². The van der Waals surface area contributed by atoms with Gasteiger partial charge in [0.1, 0.15) is 5.69 Å². The number of halogens is 10. The summed E-state index contributed by atoms with van der Waals surface area (Å²) in [6, 6.07) is 4.82. The van der Waals surface area contributed by atoms with Crippen molar-refractivity contribution in [1.82, 2.24) is 0 Å². The van der Waals surface area contributed by atoms with Crippen molar-refractivity contribution in [2.24, 2.45) is 5.10 Å². The van der Waals surface area contributed by atoms with Crippen molar-refractivity contribution in [2.75, 3.05) is 11.6 Å². The number of rotatable bonds is 4. The summed E-state index contributed by atoms with van der Waals surface area (Å²) in [6.45, 7) is 0.662. The number of esters is 1. The van der Waals surface area contributed by atoms with Gasteiger partial charge in [0.2, 0.25) is 18.4 Å². The molecule has 5 nitrogen and oxygen atoms in total. The maximum absolute atomic E-state index is 15.3. The Morgan fingerprint density at radius 3 is 1.74 bits per heavy atom. The molecule has 200 valence electrons. The van der Waals surface area contributed by atoms with Gasteiger partial charge >= 0.3 is 5.97 Å². The Labute approximate surface area is 215 Å². The van der Waals surface area contributed by atoms with E-state index in [1.807, 2.05) is 0 Å². The van der Waals surface area contributed by atoms with Gasteiger partial charge in [-0.15, -0.1) is 0 Å². The first kappa shape index (κ1) is 27.7. The topological polar surface area (TPSA) is 59.0 Å². The first-order valence-corrected chi connectivity index (χ1v) is 12.6. The van der Waals surface area contributed by atoms with E-state index in [-0.39, 0.29) is 10.7 Å². The molecule has 0 radical (unpaired) electrons. The van der Waals surface area contributed by atoms with Crippen LogP contribution in [0.5, 0.6) is 0 Å². The summed E-state index contributed by atoms with van der Waals surface area (Å²) in [7, 11) is -6.17. The van der Waals surface area contributed by atoms with Crippen LogP contribution >= 0.6 is 23.1 Å². The monoisotopic (exact) mass is 630 g/mol. The lowest BCUT2D eigenvalue weighted by molar-refractivity contribution is -0.134. The normalized spacial score (nSPS) is 16.8. The van der Waals surface area contributed by atoms with Crippen molar-refractivity contribution < 1.29 is 53.6 Å². The predicted molar refractivity (Wildman–Crippen MR) is 120 cm³/mol. The number of anilines is 2. The Bertz CT molecular complexity index is 1570. The van der Waals surface area contributed by atoms with Crippen molar-refractivity contribution in [3.05, 3.63) is 81.1 Å². The van der Waals surface area contributed by atoms with Gasteiger partial charge in [-0.1, -0.05) is 15.9 Å². The number of carbonyl (C=O) groups excluding carboxylic acids is 1. The van der Waals surface area contributed by atoms with Gasteiger partial charge in [-0.3, -0.25) is 0 Å². The molecular formula is C22H9BrF9N2O3P. The molecule has 0 spiro atoms. The van der Waals surface area contributed by atoms with E-state index in [0.29, 0.717) is 4.47 Å². The second-order valence-electron chi connectivity index (χ2n) is 7.41. The highest BCUT2D eigenvalue weighted by Gasteiger charge is 2.54. The Morgan fingerprint density at radius 2 is 1.24 bits per heavy atom. The lowest BCUT2D eigenvalue weighted by Crippen LogP contribution is -2.42. The van der Waals surface area contributed by atoms with Gasteiger partial charge < -0.3 is 9.30 Å². The predicted octanol–water partition coefficient (Wildman–Crippen LogP) is 6.04. The zero-order valence-electron chi connectivity index (χ0n) is 18.4. The van der Waals surface area contributed by atoms with Gasteiger partial charge in [-0.2, -0.15) is 5.10 Å². The molecule has 0 unspecified atom stereocenters. The molecule has 4 rings (SSSR count). The summed E-state index contributed by atoms with van der Waals surface area (Å²) in [4.78, 5) is 12.8. The Morgan fingerprint density at radius 1 is 0.789 bits per heavy atom. The molecule has 1 heterocycles. The number of hydrazone groups is 1. The van der Waals surface area contributed by atoms with Gasteiger partial charge in [0.05, 0.1) is 22.9 Å². The SMILES string of the molecule is CCOC(=O)C1=NN(c2ccc(Br)cc2)c2c(F)c(F)c(F)c(F)c2[P@@]1(=O)c1c(F)c(F)c(F)c(F)c1F. The smallest absolute Gasteiger partial charge is 0.363 e. The zero-order chi connectivity index (χ0) is 28.3. The molecule has 0 aliphatic carbocycles. The van der Waals surface area contributed by atoms with Crippen LogP contribution in [0.2, 0.25) is 0 Å². The lowest BCUT2D eigenvalue weighted by Gasteiger charge is -2.33. The highest BCUT2D eigenvalue weighted by Crippen LogP contribution is 2.55. The standard InChI is InChI=1S/C22H9BrF9N2O3P/c1-2-37-22(35)21-33-34(8-5-3-7(23)4-6-8)18-14(29)10(25)13(28)17(32)20(18)38(21,36)19-15(30)11(26)9(24)12(27)16(19)31/h3-6H,2H2,1H3/t38-/m0/s1. The largest absolute Gasteiger partial charge is 0.461 e. The molecule has 0 saturated carbocycles. The van der Waals surface area contributed by atoms with Gasteiger partial charge in [0, 0.05) is 4.47 Å². The molecule has 0 aromatic heterocycles. The first-order valence-electron chi connectivity index (χ1n) is 10.1. The number of ether oxygens (including phenoxy) is 1. The molecule has 0 saturated heterocycles. The average molecular weight is 631 g/mol. The molecular weight excluding hydrogens is 622 g/mol. The quantitative estimate of drug-likeness (QED) is 0.116. The van der Waals surface area contributed by atoms with Crippen molar-refractivity contribution in [3.8, 4) is 0 Å². The fraction of sp³-hybridized carbons (Fsp3) is 0.0909. The minimum Gasteiger partial charge on any atom is -0.461 e. The Kier molecular flexibility index (Phi) is 7.12. The average Bonchev–Trinajstić information content (AvgIpc) is 2.88. The minimum atomic E-state index is -6.17. The minimum absolute atomic E-state index is 0.247. The van der Waals surface area contributed by atoms with Crippen molar-refractivity contribution in [1.29, 1.82) is 0 Å². The zero-order valence-corrected chi connectivity index (χ0v) is 20.8. The maximum atomic E-state index is 15.3. The lowest BCUT2D eigenvalue weighted by atomic mass is 10.2. The van der Waals surface area contributed by atoms with Crippen LogP contribution in [0.15, 0.2) is 33.8 Å². The molecule has 3 aromatic rings. The van der Waals surface area contributed by atoms with Crippen LogP contribution in [0.3, 0.4) is 0 Å². The van der Waals surface area contributed by atoms with Crippen LogP contribution < -0.4 is 15.6 Å². The highest BCUT2D eigenvalue weighted by molar-refractivity contribution is 9.10. The van der Waals surface area contributed by atoms with Crippen LogP contribution in [-0.4, -0.2) is 18.0 Å². The third-order valence-corrected chi connectivity index (χ3v) is 8.73. The fourth-order valence-corrected chi connectivity index (χ4v) is 6.69. The molecule has 1 aliphatic rings. The maximum Gasteiger partial charge on any atom is 0.363 e. The van der Waals surface area contributed by atoms with E-state index in [1.54, 1.807) is 0 Å². The molecule has 0 bridgehead atoms. The summed E-state index contributed by atoms with van der Waals surface area (Å²) in [5.74, 6) is -25.5. The first-order chi connectivity index (χ1) is 17.8. The number of hydrogen-bond donors (Lipinski definition) is 0. The van der Waals surface area contributed by atoms with E-state index < -0.39 is 93.8 Å². The summed E-state index contributed by atoms with van der Waals surface area (Å²) < 4.78 is 150. The van der Waals surface area contributed by atoms with E-state index >= 15 is 8.78 Å². The number of carbonyl (C=O) groups is 1. The Hall–Kier alpha value is -3.32. The van der Waals surface area contributed by atoms with Crippen LogP contribution in [-0.2, 0) is 14.1 Å². The molecule has 0 amide bonds. The van der Waals surface area contributed by atoms with E-state index in [9.17, 15) is 40.1 Å². The molecule has 0 N–H and O–H groups in total. The highest BCUT2D eigenvalue weighted by atomic mass is 79.9. The van der Waals surface area contributed by atoms with Gasteiger partial charge in [0.25, 0.3) is 0 Å². The van der Waals surface area contributed by atoms with Crippen molar-refractivity contribution >= 4 is 56.5 Å². The summed E-state index contributed by atoms with van der Waals surface area (Å²) >= 11 is 3.09. The van der Waals surface area contributed by atoms with Crippen LogP contribution in [0.25, 0.3) is 0 Å². The van der Waals surface area contributed by atoms with E-state index in [1.165, 1.54) is 19.1 Å². The Balaban J connectivity index is 2.27. The summed E-state index contributed by atoms with van der Waals surface area (Å²) in [6.07, 6.45) is 0. The second-order valence-corrected chi connectivity index (χ2v) is 10.9. The number of nitrogens with zero attached hydrogens (tertiary/aromatic N) is 2. The van der Waals surface area contributed by atoms with Gasteiger partial charge in [0.15, 0.2) is 46.5 Å². The summed E-state index contributed by atoms with van der Waals surface area (Å²) in [5.41, 5.74) is -3.53. The van der Waals surface area contributed by atoms with E-state index in [0.717, 1.165) is 12.1 Å². The van der Waals surface area contributed by atoms with Crippen molar-refractivity contribution in [2.45, 2.75) is 6.92 Å². The molecule has 1 aliphatic heterocycles. The van der Waals surface area contributed by atoms with Crippen LogP contribution in [0, 0.1) is 52.4 Å². The fourth-order valence-electron chi connectivity index (χ4n) is 3.62. The van der Waals surface area contributed by atoms with Crippen LogP contribution in [0.1, 0.15) is 6.92 Å². The van der Waals surface area contributed by atoms with Crippen LogP contribution in [0.4, 0.5) is 50.9 Å². The molecule has 0 fully saturated rings. The van der Waals surface area contributed by atoms with Gasteiger partial charge in [-0.25, -0.2) is 49.3 Å². The molecule has 1 atom stereocenters. The van der Waals surface area contributed by atoms with Gasteiger partial charge in [-0.05, 0) is 31.2 Å². The number of benzene rings is 3. The summed E-state index contributed by atoms with van der Waals surface area (Å²) in [5, 5.41) is -0.452. The second kappa shape index (κ2) is 9.77. The number of fused-ring (bicyclic) bond motifs is 1. The number of hydrogen-bond acceptors (Lipinski definition) is 5. The third kappa shape index (κ3) is 3.90. The van der Waals surface area contributed by atoms with Crippen molar-refractivity contribution in [3.63, 3.8) is 0 Å². The van der Waals surface area contributed by atoms with E-state index in [4.69, 9.17) is 0 Å². The molecule has 3 aromatic carbocycles. The third-order valence-electron chi connectivity index (χ3n) is 5.27. The molecule has 16 heteroatoms. The molecule has 38 heavy (non-hydrogen) atoms.